The zero-order chi connectivity index (χ0) is 20.9. The molecule has 0 aliphatic carbocycles. The molecule has 8 heteroatoms. The Bertz CT molecular complexity index is 1130. The van der Waals surface area contributed by atoms with Gasteiger partial charge in [-0.3, -0.25) is 4.79 Å². The Morgan fingerprint density at radius 2 is 2.10 bits per heavy atom. The van der Waals surface area contributed by atoms with Crippen molar-refractivity contribution in [3.05, 3.63) is 41.6 Å². The third kappa shape index (κ3) is 3.32. The number of aryl methyl sites for hydroxylation is 1. The van der Waals surface area contributed by atoms with Gasteiger partial charge in [0.15, 0.2) is 0 Å². The highest BCUT2D eigenvalue weighted by molar-refractivity contribution is 6.33. The largest absolute Gasteiger partial charge is 0.386 e. The molecular weight excluding hydrogens is 402 g/mol. The van der Waals surface area contributed by atoms with Crippen molar-refractivity contribution in [2.24, 2.45) is 7.05 Å². The van der Waals surface area contributed by atoms with E-state index in [1.165, 1.54) is 0 Å². The first-order valence-corrected chi connectivity index (χ1v) is 10.6. The van der Waals surface area contributed by atoms with Crippen molar-refractivity contribution in [2.45, 2.75) is 24.9 Å². The highest BCUT2D eigenvalue weighted by Gasteiger charge is 2.40. The van der Waals surface area contributed by atoms with Gasteiger partial charge < -0.3 is 19.5 Å². The lowest BCUT2D eigenvalue weighted by molar-refractivity contribution is -0.130. The van der Waals surface area contributed by atoms with Gasteiger partial charge in [-0.05, 0) is 31.0 Å². The Hall–Kier alpha value is -2.64. The molecule has 0 spiro atoms. The summed E-state index contributed by atoms with van der Waals surface area (Å²) < 4.78 is 2.03. The van der Waals surface area contributed by atoms with E-state index in [-0.39, 0.29) is 5.91 Å². The maximum absolute atomic E-state index is 12.0. The van der Waals surface area contributed by atoms with Crippen LogP contribution in [0.4, 0.5) is 5.82 Å². The quantitative estimate of drug-likeness (QED) is 0.695. The Morgan fingerprint density at radius 1 is 1.27 bits per heavy atom. The summed E-state index contributed by atoms with van der Waals surface area (Å²) in [4.78, 5) is 25.1. The van der Waals surface area contributed by atoms with Gasteiger partial charge in [0.1, 0.15) is 17.2 Å². The van der Waals surface area contributed by atoms with Crippen LogP contribution in [0.25, 0.3) is 22.4 Å². The fourth-order valence-corrected chi connectivity index (χ4v) is 4.75. The van der Waals surface area contributed by atoms with Gasteiger partial charge in [-0.1, -0.05) is 23.7 Å². The van der Waals surface area contributed by atoms with Crippen LogP contribution < -0.4 is 4.90 Å². The molecule has 7 nitrogen and oxygen atoms in total. The van der Waals surface area contributed by atoms with Gasteiger partial charge in [-0.25, -0.2) is 9.97 Å². The van der Waals surface area contributed by atoms with E-state index >= 15 is 0 Å². The summed E-state index contributed by atoms with van der Waals surface area (Å²) in [6, 6.07) is 9.91. The van der Waals surface area contributed by atoms with Crippen LogP contribution in [0.5, 0.6) is 0 Å². The molecule has 2 aliphatic rings. The molecule has 2 saturated heterocycles. The molecular formula is C22H24ClN5O2. The maximum Gasteiger partial charge on any atom is 0.222 e. The molecule has 5 rings (SSSR count). The SMILES string of the molecule is Cn1c(-c2cc(N3CCC(O)(CN4CCCC4=O)C3)ncc2Cl)nc2ccccc21. The first-order valence-electron chi connectivity index (χ1n) is 10.3. The van der Waals surface area contributed by atoms with Crippen LogP contribution in [-0.4, -0.2) is 62.2 Å². The van der Waals surface area contributed by atoms with Gasteiger partial charge >= 0.3 is 0 Å². The third-order valence-corrected chi connectivity index (χ3v) is 6.48. The van der Waals surface area contributed by atoms with Crippen LogP contribution in [0.15, 0.2) is 36.5 Å². The zero-order valence-corrected chi connectivity index (χ0v) is 17.6. The number of aliphatic hydroxyl groups is 1. The van der Waals surface area contributed by atoms with Gasteiger partial charge in [0, 0.05) is 44.9 Å². The van der Waals surface area contributed by atoms with Crippen LogP contribution in [0.2, 0.25) is 5.02 Å². The number of likely N-dealkylation sites (tertiary alicyclic amines) is 1. The second kappa shape index (κ2) is 7.25. The molecule has 156 valence electrons. The van der Waals surface area contributed by atoms with Crippen molar-refractivity contribution >= 4 is 34.4 Å². The number of fused-ring (bicyclic) bond motifs is 1. The number of β-amino-alcohol motifs (C(OH)–C–C–N with tert-alkyl or cyclic N) is 1. The normalized spacial score (nSPS) is 21.9. The van der Waals surface area contributed by atoms with Crippen LogP contribution in [-0.2, 0) is 11.8 Å². The molecule has 1 N–H and O–H groups in total. The third-order valence-electron chi connectivity index (χ3n) is 6.18. The first-order chi connectivity index (χ1) is 14.4. The molecule has 0 radical (unpaired) electrons. The lowest BCUT2D eigenvalue weighted by Gasteiger charge is -2.29. The minimum Gasteiger partial charge on any atom is -0.386 e. The Balaban J connectivity index is 1.42. The number of para-hydroxylation sites is 2. The van der Waals surface area contributed by atoms with Crippen molar-refractivity contribution < 1.29 is 9.90 Å². The average Bonchev–Trinajstić information content (AvgIpc) is 3.41. The summed E-state index contributed by atoms with van der Waals surface area (Å²) in [5, 5.41) is 11.6. The minimum atomic E-state index is -0.917. The van der Waals surface area contributed by atoms with Crippen LogP contribution in [0, 0.1) is 0 Å². The molecule has 0 bridgehead atoms. The van der Waals surface area contributed by atoms with E-state index in [0.717, 1.165) is 41.2 Å². The second-order valence-electron chi connectivity index (χ2n) is 8.32. The summed E-state index contributed by atoms with van der Waals surface area (Å²) in [5.74, 6) is 1.67. The van der Waals surface area contributed by atoms with Crippen molar-refractivity contribution in [3.8, 4) is 11.4 Å². The van der Waals surface area contributed by atoms with Crippen LogP contribution in [0.1, 0.15) is 19.3 Å². The van der Waals surface area contributed by atoms with Gasteiger partial charge in [0.05, 0.1) is 22.6 Å². The second-order valence-corrected chi connectivity index (χ2v) is 8.73. The Morgan fingerprint density at radius 3 is 2.87 bits per heavy atom. The summed E-state index contributed by atoms with van der Waals surface area (Å²) in [5.41, 5.74) is 1.84. The number of hydrogen-bond donors (Lipinski definition) is 1. The molecule has 2 fully saturated rings. The van der Waals surface area contributed by atoms with Gasteiger partial charge in [0.2, 0.25) is 5.91 Å². The number of carbonyl (C=O) groups is 1. The summed E-state index contributed by atoms with van der Waals surface area (Å²) in [7, 11) is 1.97. The van der Waals surface area contributed by atoms with Crippen LogP contribution >= 0.6 is 11.6 Å². The van der Waals surface area contributed by atoms with E-state index in [1.54, 1.807) is 11.1 Å². The molecule has 1 atom stereocenters. The molecule has 3 aromatic rings. The van der Waals surface area contributed by atoms with Crippen molar-refractivity contribution in [1.29, 1.82) is 0 Å². The minimum absolute atomic E-state index is 0.135. The van der Waals surface area contributed by atoms with Crippen molar-refractivity contribution in [2.75, 3.05) is 31.1 Å². The zero-order valence-electron chi connectivity index (χ0n) is 16.9. The number of benzene rings is 1. The number of imidazole rings is 1. The monoisotopic (exact) mass is 425 g/mol. The van der Waals surface area contributed by atoms with Gasteiger partial charge in [-0.15, -0.1) is 0 Å². The van der Waals surface area contributed by atoms with E-state index in [2.05, 4.69) is 9.88 Å². The molecule has 1 unspecified atom stereocenters. The van der Waals surface area contributed by atoms with Gasteiger partial charge in [-0.2, -0.15) is 0 Å². The van der Waals surface area contributed by atoms with Crippen molar-refractivity contribution in [1.82, 2.24) is 19.4 Å². The number of hydrogen-bond acceptors (Lipinski definition) is 5. The maximum atomic E-state index is 12.0. The van der Waals surface area contributed by atoms with E-state index in [0.29, 0.717) is 37.5 Å². The van der Waals surface area contributed by atoms with E-state index in [1.807, 2.05) is 41.9 Å². The fourth-order valence-electron chi connectivity index (χ4n) is 4.57. The van der Waals surface area contributed by atoms with E-state index < -0.39 is 5.60 Å². The number of halogens is 1. The number of pyridine rings is 1. The molecule has 4 heterocycles. The number of nitrogens with zero attached hydrogens (tertiary/aromatic N) is 5. The predicted molar refractivity (Wildman–Crippen MR) is 117 cm³/mol. The highest BCUT2D eigenvalue weighted by atomic mass is 35.5. The lowest BCUT2D eigenvalue weighted by Crippen LogP contribution is -2.45. The molecule has 1 amide bonds. The Labute approximate surface area is 179 Å². The number of amides is 1. The molecule has 1 aromatic carbocycles. The number of aromatic nitrogens is 3. The standard InChI is InChI=1S/C22H24ClN5O2/c1-26-18-6-3-2-5-17(18)25-21(26)15-11-19(24-12-16(15)23)27-10-8-22(30,13-27)14-28-9-4-7-20(28)29/h2-3,5-6,11-12,30H,4,7-10,13-14H2,1H3. The summed E-state index contributed by atoms with van der Waals surface area (Å²) >= 11 is 6.49. The Kier molecular flexibility index (Phi) is 4.67. The van der Waals surface area contributed by atoms with E-state index in [9.17, 15) is 9.90 Å². The lowest BCUT2D eigenvalue weighted by atomic mass is 10.0. The summed E-state index contributed by atoms with van der Waals surface area (Å²) in [6.45, 7) is 2.23. The fraction of sp³-hybridized carbons (Fsp3) is 0.409. The molecule has 2 aromatic heterocycles. The number of rotatable bonds is 4. The predicted octanol–water partition coefficient (Wildman–Crippen LogP) is 2.85. The number of carbonyl (C=O) groups excluding carboxylic acids is 1. The molecule has 2 aliphatic heterocycles. The first kappa shape index (κ1) is 19.3. The molecule has 0 saturated carbocycles. The number of anilines is 1. The summed E-state index contributed by atoms with van der Waals surface area (Å²) in [6.07, 6.45) is 3.70. The smallest absolute Gasteiger partial charge is 0.222 e. The topological polar surface area (TPSA) is 74.5 Å². The van der Waals surface area contributed by atoms with Gasteiger partial charge in [0.25, 0.3) is 0 Å². The average molecular weight is 426 g/mol. The van der Waals surface area contributed by atoms with Crippen LogP contribution in [0.3, 0.4) is 0 Å². The van der Waals surface area contributed by atoms with Crippen molar-refractivity contribution in [3.63, 3.8) is 0 Å². The molecule has 30 heavy (non-hydrogen) atoms. The highest BCUT2D eigenvalue weighted by Crippen LogP contribution is 2.34. The van der Waals surface area contributed by atoms with E-state index in [4.69, 9.17) is 16.6 Å².